The Hall–Kier alpha value is -4.35. The third-order valence-electron chi connectivity index (χ3n) is 6.29. The van der Waals surface area contributed by atoms with Crippen molar-refractivity contribution in [2.75, 3.05) is 38.1 Å². The summed E-state index contributed by atoms with van der Waals surface area (Å²) in [7, 11) is 0. The van der Waals surface area contributed by atoms with E-state index in [1.807, 2.05) is 42.5 Å². The highest BCUT2D eigenvalue weighted by Crippen LogP contribution is 2.22. The number of anilines is 2. The molecular formula is C29H28ClN5O3. The van der Waals surface area contributed by atoms with Gasteiger partial charge in [-0.15, -0.1) is 0 Å². The Labute approximate surface area is 227 Å². The van der Waals surface area contributed by atoms with Crippen LogP contribution in [0.5, 0.6) is 0 Å². The maximum absolute atomic E-state index is 13.1. The molecular weight excluding hydrogens is 502 g/mol. The molecule has 2 aromatic carbocycles. The number of piperazine rings is 1. The van der Waals surface area contributed by atoms with E-state index in [2.05, 4.69) is 28.0 Å². The van der Waals surface area contributed by atoms with Gasteiger partial charge in [-0.2, -0.15) is 0 Å². The number of aromatic nitrogens is 2. The zero-order valence-corrected chi connectivity index (χ0v) is 21.8. The topological polar surface area (TPSA) is 87.7 Å². The van der Waals surface area contributed by atoms with E-state index in [1.54, 1.807) is 35.1 Å². The average molecular weight is 530 g/mol. The highest BCUT2D eigenvalue weighted by atomic mass is 35.5. The van der Waals surface area contributed by atoms with Crippen LogP contribution in [-0.4, -0.2) is 64.4 Å². The maximum Gasteiger partial charge on any atom is 0.253 e. The summed E-state index contributed by atoms with van der Waals surface area (Å²) in [5.41, 5.74) is 3.71. The van der Waals surface area contributed by atoms with Gasteiger partial charge in [-0.25, -0.2) is 9.97 Å². The molecule has 1 fully saturated rings. The second-order valence-corrected chi connectivity index (χ2v) is 9.36. The number of halogens is 1. The van der Waals surface area contributed by atoms with Crippen molar-refractivity contribution in [2.24, 2.45) is 5.92 Å². The van der Waals surface area contributed by atoms with Gasteiger partial charge in [-0.05, 0) is 49.4 Å². The van der Waals surface area contributed by atoms with Gasteiger partial charge in [-0.1, -0.05) is 42.3 Å². The van der Waals surface area contributed by atoms with E-state index in [0.717, 1.165) is 16.9 Å². The molecule has 2 heterocycles. The summed E-state index contributed by atoms with van der Waals surface area (Å²) in [6, 6.07) is 16.4. The fourth-order valence-corrected chi connectivity index (χ4v) is 4.24. The van der Waals surface area contributed by atoms with Gasteiger partial charge in [0.15, 0.2) is 0 Å². The van der Waals surface area contributed by atoms with E-state index in [0.29, 0.717) is 48.3 Å². The lowest BCUT2D eigenvalue weighted by Gasteiger charge is -2.36. The average Bonchev–Trinajstić information content (AvgIpc) is 2.93. The number of rotatable bonds is 8. The van der Waals surface area contributed by atoms with Gasteiger partial charge in [0.1, 0.15) is 12.7 Å². The van der Waals surface area contributed by atoms with Crippen molar-refractivity contribution in [3.05, 3.63) is 83.5 Å². The molecule has 2 amide bonds. The molecule has 0 radical (unpaired) electrons. The Morgan fingerprint density at radius 1 is 1.08 bits per heavy atom. The summed E-state index contributed by atoms with van der Waals surface area (Å²) in [6.45, 7) is 7.51. The number of ether oxygens (including phenoxy) is 1. The molecule has 0 saturated carbocycles. The van der Waals surface area contributed by atoms with Crippen molar-refractivity contribution in [3.8, 4) is 23.8 Å². The normalized spacial score (nSPS) is 13.8. The Morgan fingerprint density at radius 3 is 2.37 bits per heavy atom. The molecule has 1 N–H and O–H groups in total. The van der Waals surface area contributed by atoms with Crippen molar-refractivity contribution in [2.45, 2.75) is 6.92 Å². The number of hydrogen-bond donors (Lipinski definition) is 1. The fraction of sp³-hybridized carbons (Fsp3) is 0.241. The van der Waals surface area contributed by atoms with E-state index < -0.39 is 5.92 Å². The lowest BCUT2D eigenvalue weighted by molar-refractivity contribution is -0.136. The first-order valence-electron chi connectivity index (χ1n) is 12.1. The summed E-state index contributed by atoms with van der Waals surface area (Å²) in [5.74, 6) is -0.225. The predicted molar refractivity (Wildman–Crippen MR) is 148 cm³/mol. The molecule has 9 heteroatoms. The van der Waals surface area contributed by atoms with Crippen LogP contribution in [0, 0.1) is 18.4 Å². The minimum atomic E-state index is -0.496. The molecule has 1 unspecified atom stereocenters. The molecule has 194 valence electrons. The smallest absolute Gasteiger partial charge is 0.253 e. The van der Waals surface area contributed by atoms with Crippen LogP contribution in [0.15, 0.2) is 72.9 Å². The van der Waals surface area contributed by atoms with Gasteiger partial charge in [0.2, 0.25) is 11.9 Å². The Bertz CT molecular complexity index is 1340. The number of benzene rings is 2. The van der Waals surface area contributed by atoms with E-state index in [-0.39, 0.29) is 18.4 Å². The zero-order chi connectivity index (χ0) is 27.1. The summed E-state index contributed by atoms with van der Waals surface area (Å²) < 4.78 is 5.00. The van der Waals surface area contributed by atoms with Crippen molar-refractivity contribution < 1.29 is 14.3 Å². The first-order valence-corrected chi connectivity index (χ1v) is 12.5. The summed E-state index contributed by atoms with van der Waals surface area (Å²) >= 11 is 5.98. The molecule has 4 rings (SSSR count). The van der Waals surface area contributed by atoms with E-state index in [1.165, 1.54) is 0 Å². The van der Waals surface area contributed by atoms with Crippen molar-refractivity contribution in [1.29, 1.82) is 0 Å². The molecule has 1 aliphatic heterocycles. The van der Waals surface area contributed by atoms with Gasteiger partial charge in [0, 0.05) is 54.2 Å². The molecule has 1 atom stereocenters. The van der Waals surface area contributed by atoms with Crippen molar-refractivity contribution >= 4 is 35.1 Å². The Balaban J connectivity index is 1.34. The Morgan fingerprint density at radius 2 is 1.74 bits per heavy atom. The Kier molecular flexibility index (Phi) is 8.62. The van der Waals surface area contributed by atoms with Crippen molar-refractivity contribution in [1.82, 2.24) is 19.8 Å². The SMILES string of the molecule is C#COCC(C(=C)C)C(=O)N1CCN(C(=O)c2ccc(Nc3nccc(-c4ccc(Cl)cc4)n3)cc2)CC1. The molecule has 1 aromatic heterocycles. The van der Waals surface area contributed by atoms with Crippen LogP contribution in [0.1, 0.15) is 17.3 Å². The van der Waals surface area contributed by atoms with Gasteiger partial charge < -0.3 is 19.9 Å². The predicted octanol–water partition coefficient (Wildman–Crippen LogP) is 4.62. The molecule has 0 bridgehead atoms. The molecule has 1 saturated heterocycles. The second kappa shape index (κ2) is 12.3. The lowest BCUT2D eigenvalue weighted by atomic mass is 10.0. The summed E-state index contributed by atoms with van der Waals surface area (Å²) in [5, 5.41) is 3.84. The quantitative estimate of drug-likeness (QED) is 0.338. The molecule has 1 aliphatic rings. The maximum atomic E-state index is 13.1. The highest BCUT2D eigenvalue weighted by Gasteiger charge is 2.30. The van der Waals surface area contributed by atoms with Crippen LogP contribution in [0.2, 0.25) is 5.02 Å². The minimum absolute atomic E-state index is 0.0855. The van der Waals surface area contributed by atoms with Crippen molar-refractivity contribution in [3.63, 3.8) is 0 Å². The first-order chi connectivity index (χ1) is 18.4. The van der Waals surface area contributed by atoms with Gasteiger partial charge in [0.25, 0.3) is 5.91 Å². The number of nitrogens with one attached hydrogen (secondary N) is 1. The van der Waals surface area contributed by atoms with Crippen LogP contribution in [-0.2, 0) is 9.53 Å². The number of hydrogen-bond acceptors (Lipinski definition) is 6. The number of terminal acetylenes is 1. The molecule has 0 aliphatic carbocycles. The highest BCUT2D eigenvalue weighted by molar-refractivity contribution is 6.30. The minimum Gasteiger partial charge on any atom is -0.446 e. The van der Waals surface area contributed by atoms with Crippen LogP contribution >= 0.6 is 11.6 Å². The monoisotopic (exact) mass is 529 g/mol. The number of amides is 2. The van der Waals surface area contributed by atoms with E-state index in [4.69, 9.17) is 22.8 Å². The lowest BCUT2D eigenvalue weighted by Crippen LogP contribution is -2.52. The standard InChI is InChI=1S/C29H28ClN5O3/c1-4-38-19-25(20(2)3)28(37)35-17-15-34(16-18-35)27(36)22-7-11-24(12-8-22)32-29-31-14-13-26(33-29)21-5-9-23(30)10-6-21/h1,5-14,25H,2,15-19H2,3H3,(H,31,32,33). The fourth-order valence-electron chi connectivity index (χ4n) is 4.11. The van der Waals surface area contributed by atoms with E-state index in [9.17, 15) is 9.59 Å². The molecule has 0 spiro atoms. The van der Waals surface area contributed by atoms with Crippen LogP contribution < -0.4 is 5.32 Å². The van der Waals surface area contributed by atoms with Gasteiger partial charge >= 0.3 is 0 Å². The first kappa shape index (κ1) is 26.7. The van der Waals surface area contributed by atoms with Crippen LogP contribution in [0.4, 0.5) is 11.6 Å². The van der Waals surface area contributed by atoms with Gasteiger partial charge in [-0.3, -0.25) is 9.59 Å². The molecule has 38 heavy (non-hydrogen) atoms. The largest absolute Gasteiger partial charge is 0.446 e. The molecule has 8 nitrogen and oxygen atoms in total. The summed E-state index contributed by atoms with van der Waals surface area (Å²) in [4.78, 5) is 38.3. The number of nitrogens with zero attached hydrogens (tertiary/aromatic N) is 4. The van der Waals surface area contributed by atoms with Crippen LogP contribution in [0.25, 0.3) is 11.3 Å². The number of carbonyl (C=O) groups is 2. The molecule has 3 aromatic rings. The number of carbonyl (C=O) groups excluding carboxylic acids is 2. The third kappa shape index (κ3) is 6.50. The summed E-state index contributed by atoms with van der Waals surface area (Å²) in [6.07, 6.45) is 8.94. The second-order valence-electron chi connectivity index (χ2n) is 8.92. The van der Waals surface area contributed by atoms with Gasteiger partial charge in [0.05, 0.1) is 11.6 Å². The van der Waals surface area contributed by atoms with E-state index >= 15 is 0 Å². The third-order valence-corrected chi connectivity index (χ3v) is 6.54. The van der Waals surface area contributed by atoms with Crippen LogP contribution in [0.3, 0.4) is 0 Å². The zero-order valence-electron chi connectivity index (χ0n) is 21.1.